The van der Waals surface area contributed by atoms with Gasteiger partial charge < -0.3 is 20.1 Å². The van der Waals surface area contributed by atoms with Crippen LogP contribution in [-0.2, 0) is 6.42 Å². The third kappa shape index (κ3) is 7.13. The minimum atomic E-state index is 0. The largest absolute Gasteiger partial charge is 0.357 e. The lowest BCUT2D eigenvalue weighted by atomic mass is 10.1. The smallest absolute Gasteiger partial charge is 0.276 e. The van der Waals surface area contributed by atoms with Crippen molar-refractivity contribution in [1.82, 2.24) is 30.7 Å². The van der Waals surface area contributed by atoms with E-state index in [-0.39, 0.29) is 24.0 Å². The fourth-order valence-corrected chi connectivity index (χ4v) is 4.40. The van der Waals surface area contributed by atoms with Gasteiger partial charge in [-0.1, -0.05) is 24.1 Å². The Kier molecular flexibility index (Phi) is 9.51. The molecule has 31 heavy (non-hydrogen) atoms. The molecule has 1 saturated heterocycles. The second-order valence-corrected chi connectivity index (χ2v) is 8.28. The van der Waals surface area contributed by atoms with Gasteiger partial charge in [0.25, 0.3) is 5.89 Å². The number of nitrogens with one attached hydrogen (secondary N) is 2. The number of aliphatic imine (C=N–C) groups is 1. The number of nitrogens with zero attached hydrogens (tertiary/aromatic N) is 5. The number of aromatic nitrogens is 3. The van der Waals surface area contributed by atoms with Crippen LogP contribution in [0.1, 0.15) is 44.9 Å². The van der Waals surface area contributed by atoms with Crippen molar-refractivity contribution in [3.63, 3.8) is 0 Å². The molecule has 0 radical (unpaired) electrons. The van der Waals surface area contributed by atoms with Gasteiger partial charge >= 0.3 is 0 Å². The van der Waals surface area contributed by atoms with Crippen LogP contribution < -0.4 is 10.6 Å². The van der Waals surface area contributed by atoms with Crippen molar-refractivity contribution in [3.05, 3.63) is 30.2 Å². The summed E-state index contributed by atoms with van der Waals surface area (Å²) in [5.41, 5.74) is 0.693. The summed E-state index contributed by atoms with van der Waals surface area (Å²) in [7, 11) is 0. The van der Waals surface area contributed by atoms with Crippen LogP contribution in [0.4, 0.5) is 0 Å². The minimum Gasteiger partial charge on any atom is -0.357 e. The van der Waals surface area contributed by atoms with Gasteiger partial charge in [0.1, 0.15) is 5.69 Å². The lowest BCUT2D eigenvalue weighted by Crippen LogP contribution is -2.45. The van der Waals surface area contributed by atoms with E-state index in [4.69, 9.17) is 9.52 Å². The average molecular weight is 539 g/mol. The number of halogens is 1. The molecule has 1 atom stereocenters. The van der Waals surface area contributed by atoms with Crippen LogP contribution >= 0.6 is 24.0 Å². The molecule has 1 aliphatic carbocycles. The van der Waals surface area contributed by atoms with Gasteiger partial charge in [0.05, 0.1) is 0 Å². The van der Waals surface area contributed by atoms with Crippen LogP contribution in [0.3, 0.4) is 0 Å². The Hall–Kier alpha value is -1.75. The highest BCUT2D eigenvalue weighted by Crippen LogP contribution is 2.26. The van der Waals surface area contributed by atoms with Gasteiger partial charge in [-0.25, -0.2) is 0 Å². The van der Waals surface area contributed by atoms with E-state index in [0.717, 1.165) is 25.0 Å². The highest BCUT2D eigenvalue weighted by molar-refractivity contribution is 14.0. The first-order valence-electron chi connectivity index (χ1n) is 11.3. The first-order valence-corrected chi connectivity index (χ1v) is 11.3. The first kappa shape index (κ1) is 23.9. The lowest BCUT2D eigenvalue weighted by molar-refractivity contribution is 0.275. The molecule has 0 aromatic carbocycles. The summed E-state index contributed by atoms with van der Waals surface area (Å²) in [5, 5.41) is 11.0. The molecule has 170 valence electrons. The zero-order chi connectivity index (χ0) is 20.6. The number of rotatable bonds is 8. The summed E-state index contributed by atoms with van der Waals surface area (Å²) in [4.78, 5) is 16.0. The Balaban J connectivity index is 0.00000272. The number of likely N-dealkylation sites (tertiary alicyclic amines) is 1. The fraction of sp³-hybridized carbons (Fsp3) is 0.636. The highest BCUT2D eigenvalue weighted by atomic mass is 127. The summed E-state index contributed by atoms with van der Waals surface area (Å²) in [6.07, 6.45) is 9.19. The number of hydrogen-bond donors (Lipinski definition) is 2. The van der Waals surface area contributed by atoms with Crippen LogP contribution in [0.2, 0.25) is 0 Å². The summed E-state index contributed by atoms with van der Waals surface area (Å²) >= 11 is 0. The average Bonchev–Trinajstić information content (AvgIpc) is 3.52. The lowest BCUT2D eigenvalue weighted by Gasteiger charge is -2.21. The van der Waals surface area contributed by atoms with Crippen LogP contribution in [0.5, 0.6) is 0 Å². The molecule has 3 heterocycles. The summed E-state index contributed by atoms with van der Waals surface area (Å²) in [6.45, 7) is 7.11. The van der Waals surface area contributed by atoms with E-state index in [2.05, 4.69) is 37.6 Å². The van der Waals surface area contributed by atoms with Gasteiger partial charge in [-0.2, -0.15) is 4.98 Å². The fourth-order valence-electron chi connectivity index (χ4n) is 4.40. The molecule has 1 saturated carbocycles. The SMILES string of the molecule is CCNC(=NCCc1noc(-c2ccccn2)n1)NC1CCN(CC2CCCC2)C1.I. The molecule has 0 amide bonds. The minimum absolute atomic E-state index is 0. The Morgan fingerprint density at radius 2 is 2.13 bits per heavy atom. The summed E-state index contributed by atoms with van der Waals surface area (Å²) < 4.78 is 5.32. The molecule has 4 rings (SSSR count). The van der Waals surface area contributed by atoms with E-state index < -0.39 is 0 Å². The normalized spacial score (nSPS) is 20.0. The Bertz CT molecular complexity index is 807. The van der Waals surface area contributed by atoms with Gasteiger partial charge in [0, 0.05) is 51.4 Å². The van der Waals surface area contributed by atoms with E-state index in [9.17, 15) is 0 Å². The molecule has 1 aliphatic heterocycles. The maximum atomic E-state index is 5.32. The molecule has 2 aromatic rings. The predicted molar refractivity (Wildman–Crippen MR) is 133 cm³/mol. The van der Waals surface area contributed by atoms with E-state index >= 15 is 0 Å². The van der Waals surface area contributed by atoms with Crippen molar-refractivity contribution in [2.75, 3.05) is 32.7 Å². The van der Waals surface area contributed by atoms with Crippen LogP contribution in [-0.4, -0.2) is 64.7 Å². The third-order valence-corrected chi connectivity index (χ3v) is 5.91. The Labute approximate surface area is 201 Å². The number of guanidine groups is 1. The second-order valence-electron chi connectivity index (χ2n) is 8.28. The Morgan fingerprint density at radius 3 is 2.90 bits per heavy atom. The van der Waals surface area contributed by atoms with Crippen molar-refractivity contribution in [2.24, 2.45) is 10.9 Å². The molecular formula is C22H34IN7O. The monoisotopic (exact) mass is 539 g/mol. The molecule has 0 spiro atoms. The molecule has 8 nitrogen and oxygen atoms in total. The topological polar surface area (TPSA) is 91.5 Å². The van der Waals surface area contributed by atoms with Crippen molar-refractivity contribution in [1.29, 1.82) is 0 Å². The van der Waals surface area contributed by atoms with Crippen LogP contribution in [0.15, 0.2) is 33.9 Å². The zero-order valence-corrected chi connectivity index (χ0v) is 20.6. The van der Waals surface area contributed by atoms with E-state index in [0.29, 0.717) is 36.4 Å². The van der Waals surface area contributed by atoms with Gasteiger partial charge in [-0.05, 0) is 44.2 Å². The molecule has 2 aliphatic rings. The number of pyridine rings is 1. The highest BCUT2D eigenvalue weighted by Gasteiger charge is 2.26. The molecule has 2 aromatic heterocycles. The summed E-state index contributed by atoms with van der Waals surface area (Å²) in [6, 6.07) is 6.09. The third-order valence-electron chi connectivity index (χ3n) is 5.91. The number of hydrogen-bond acceptors (Lipinski definition) is 6. The Morgan fingerprint density at radius 1 is 1.26 bits per heavy atom. The maximum Gasteiger partial charge on any atom is 0.276 e. The van der Waals surface area contributed by atoms with Gasteiger partial charge in [-0.15, -0.1) is 24.0 Å². The van der Waals surface area contributed by atoms with Gasteiger partial charge in [-0.3, -0.25) is 9.98 Å². The van der Waals surface area contributed by atoms with Crippen LogP contribution in [0.25, 0.3) is 11.6 Å². The quantitative estimate of drug-likeness (QED) is 0.303. The van der Waals surface area contributed by atoms with Crippen molar-refractivity contribution in [2.45, 2.75) is 51.5 Å². The molecule has 2 fully saturated rings. The van der Waals surface area contributed by atoms with Crippen molar-refractivity contribution in [3.8, 4) is 11.6 Å². The van der Waals surface area contributed by atoms with Crippen LogP contribution in [0, 0.1) is 5.92 Å². The zero-order valence-electron chi connectivity index (χ0n) is 18.3. The van der Waals surface area contributed by atoms with Gasteiger partial charge in [0.2, 0.25) is 0 Å². The van der Waals surface area contributed by atoms with E-state index in [1.54, 1.807) is 6.20 Å². The van der Waals surface area contributed by atoms with Crippen molar-refractivity contribution >= 4 is 29.9 Å². The summed E-state index contributed by atoms with van der Waals surface area (Å²) in [5.74, 6) is 2.89. The molecule has 2 N–H and O–H groups in total. The van der Waals surface area contributed by atoms with Crippen molar-refractivity contribution < 1.29 is 4.52 Å². The van der Waals surface area contributed by atoms with E-state index in [1.165, 1.54) is 45.2 Å². The standard InChI is InChI=1S/C22H33N7O.HI/c1-2-23-22(26-18-11-14-29(16-18)15-17-7-3-4-8-17)25-13-10-20-27-21(30-28-20)19-9-5-6-12-24-19;/h5-6,9,12,17-18H,2-4,7-8,10-11,13-16H2,1H3,(H2,23,25,26);1H. The molecule has 0 bridgehead atoms. The molecule has 9 heteroatoms. The second kappa shape index (κ2) is 12.3. The predicted octanol–water partition coefficient (Wildman–Crippen LogP) is 3.11. The first-order chi connectivity index (χ1) is 14.8. The van der Waals surface area contributed by atoms with E-state index in [1.807, 2.05) is 18.2 Å². The van der Waals surface area contributed by atoms with Gasteiger partial charge in [0.15, 0.2) is 11.8 Å². The maximum absolute atomic E-state index is 5.32. The molecule has 1 unspecified atom stereocenters. The molecular weight excluding hydrogens is 505 g/mol.